The van der Waals surface area contributed by atoms with Gasteiger partial charge >= 0.3 is 68.3 Å². The van der Waals surface area contributed by atoms with E-state index in [0.29, 0.717) is 47.3 Å². The SMILES string of the molecule is CC(C)c1n[n-]c(C(C)C)c1Br.CC(C)c1n[n-]c(C(C)C)c1Br.CC(C)c1n[n-]c(C(C)C)c1Br.CC(C)c1n[n-]c(C(C)C)c1Br.[Cu+].[Cu+].[Cu+].[Cu+]. The van der Waals surface area contributed by atoms with E-state index < -0.39 is 0 Å². The molecular formula is C36H56Br4Cu4N8. The summed E-state index contributed by atoms with van der Waals surface area (Å²) in [5.41, 5.74) is 8.55. The molecule has 0 aliphatic heterocycles. The summed E-state index contributed by atoms with van der Waals surface area (Å²) in [7, 11) is 0. The summed E-state index contributed by atoms with van der Waals surface area (Å²) < 4.78 is 4.36. The predicted octanol–water partition coefficient (Wildman–Crippen LogP) is 12.2. The largest absolute Gasteiger partial charge is 1.00 e. The van der Waals surface area contributed by atoms with E-state index in [1.165, 1.54) is 0 Å². The van der Waals surface area contributed by atoms with Crippen LogP contribution < -0.4 is 20.4 Å². The molecule has 52 heavy (non-hydrogen) atoms. The summed E-state index contributed by atoms with van der Waals surface area (Å²) in [6.07, 6.45) is 0. The van der Waals surface area contributed by atoms with Crippen molar-refractivity contribution in [2.45, 2.75) is 158 Å². The Balaban J connectivity index is -0.000000288. The molecule has 0 fully saturated rings. The Morgan fingerprint density at radius 2 is 0.423 bits per heavy atom. The van der Waals surface area contributed by atoms with Crippen LogP contribution in [0.25, 0.3) is 0 Å². The molecule has 0 saturated carbocycles. The molecule has 0 atom stereocenters. The van der Waals surface area contributed by atoms with Gasteiger partial charge in [-0.15, -0.1) is 22.8 Å². The Labute approximate surface area is 390 Å². The predicted molar refractivity (Wildman–Crippen MR) is 214 cm³/mol. The molecule has 8 nitrogen and oxygen atoms in total. The second-order valence-corrected chi connectivity index (χ2v) is 17.5. The molecule has 0 unspecified atom stereocenters. The molecule has 0 aliphatic carbocycles. The number of nitrogens with zero attached hydrogens (tertiary/aromatic N) is 8. The van der Waals surface area contributed by atoms with Crippen molar-refractivity contribution in [1.82, 2.24) is 40.8 Å². The zero-order valence-corrected chi connectivity index (χ0v) is 43.0. The van der Waals surface area contributed by atoms with Crippen LogP contribution in [0.2, 0.25) is 0 Å². The quantitative estimate of drug-likeness (QED) is 0.161. The van der Waals surface area contributed by atoms with Crippen LogP contribution in [0.1, 0.15) is 204 Å². The first-order chi connectivity index (χ1) is 22.1. The first kappa shape index (κ1) is 59.5. The van der Waals surface area contributed by atoms with Gasteiger partial charge < -0.3 is 40.8 Å². The third kappa shape index (κ3) is 17.5. The van der Waals surface area contributed by atoms with E-state index in [0.717, 1.165) is 63.4 Å². The van der Waals surface area contributed by atoms with E-state index in [-0.39, 0.29) is 68.3 Å². The molecule has 4 aromatic rings. The molecular weight excluding hydrogens is 1120 g/mol. The van der Waals surface area contributed by atoms with Gasteiger partial charge in [0.25, 0.3) is 0 Å². The Hall–Kier alpha value is 0.838. The second-order valence-electron chi connectivity index (χ2n) is 14.4. The molecule has 0 radical (unpaired) electrons. The molecule has 4 heterocycles. The second kappa shape index (κ2) is 28.3. The summed E-state index contributed by atoms with van der Waals surface area (Å²) in [5.74, 6) is 3.55. The molecule has 16 heteroatoms. The first-order valence-electron chi connectivity index (χ1n) is 16.9. The van der Waals surface area contributed by atoms with Crippen molar-refractivity contribution in [3.05, 3.63) is 63.4 Å². The monoisotopic (exact) mass is 1170 g/mol. The minimum Gasteiger partial charge on any atom is -0.578 e. The zero-order chi connectivity index (χ0) is 37.2. The topological polar surface area (TPSA) is 108 Å². The van der Waals surface area contributed by atoms with E-state index in [4.69, 9.17) is 0 Å². The van der Waals surface area contributed by atoms with E-state index in [9.17, 15) is 0 Å². The van der Waals surface area contributed by atoms with Crippen LogP contribution in [0.4, 0.5) is 0 Å². The summed E-state index contributed by atoms with van der Waals surface area (Å²) >= 11 is 14.1. The van der Waals surface area contributed by atoms with Gasteiger partial charge in [0.1, 0.15) is 0 Å². The fraction of sp³-hybridized carbons (Fsp3) is 0.667. The summed E-state index contributed by atoms with van der Waals surface area (Å²) in [5, 5.41) is 33.1. The van der Waals surface area contributed by atoms with E-state index in [2.05, 4.69) is 215 Å². The summed E-state index contributed by atoms with van der Waals surface area (Å²) in [6, 6.07) is 0. The van der Waals surface area contributed by atoms with Gasteiger partial charge in [0.05, 0.1) is 0 Å². The van der Waals surface area contributed by atoms with E-state index in [1.807, 2.05) is 0 Å². The number of aromatic nitrogens is 8. The number of hydrogen-bond donors (Lipinski definition) is 0. The fourth-order valence-electron chi connectivity index (χ4n) is 4.26. The minimum absolute atomic E-state index is 0. The molecule has 0 aliphatic rings. The molecule has 0 N–H and O–H groups in total. The number of hydrogen-bond acceptors (Lipinski definition) is 4. The molecule has 0 spiro atoms. The van der Waals surface area contributed by atoms with Crippen molar-refractivity contribution < 1.29 is 68.3 Å². The summed E-state index contributed by atoms with van der Waals surface area (Å²) in [6.45, 7) is 34.0. The molecule has 4 aromatic heterocycles. The molecule has 0 bridgehead atoms. The van der Waals surface area contributed by atoms with Crippen LogP contribution in [0.15, 0.2) is 17.9 Å². The average molecular weight is 1170 g/mol. The van der Waals surface area contributed by atoms with Crippen LogP contribution in [-0.2, 0) is 68.3 Å². The van der Waals surface area contributed by atoms with Gasteiger partial charge in [-0.25, -0.2) is 0 Å². The Morgan fingerprint density at radius 1 is 0.288 bits per heavy atom. The maximum atomic E-state index is 4.14. The Bertz CT molecular complexity index is 1200. The summed E-state index contributed by atoms with van der Waals surface area (Å²) in [4.78, 5) is 0. The third-order valence-corrected chi connectivity index (χ3v) is 10.5. The smallest absolute Gasteiger partial charge is 0.578 e. The van der Waals surface area contributed by atoms with Crippen molar-refractivity contribution in [2.24, 2.45) is 0 Å². The van der Waals surface area contributed by atoms with Gasteiger partial charge in [0.2, 0.25) is 0 Å². The van der Waals surface area contributed by atoms with Crippen molar-refractivity contribution in [1.29, 1.82) is 0 Å². The van der Waals surface area contributed by atoms with Crippen LogP contribution in [-0.4, -0.2) is 20.4 Å². The normalized spacial score (nSPS) is 10.7. The van der Waals surface area contributed by atoms with Crippen molar-refractivity contribution >= 4 is 63.7 Å². The average Bonchev–Trinajstić information content (AvgIpc) is 3.74. The van der Waals surface area contributed by atoms with Crippen LogP contribution in [0, 0.1) is 0 Å². The van der Waals surface area contributed by atoms with Gasteiger partial charge in [-0.1, -0.05) is 174 Å². The molecule has 312 valence electrons. The molecule has 0 amide bonds. The van der Waals surface area contributed by atoms with Gasteiger partial charge in [0, 0.05) is 40.7 Å². The Kier molecular flexibility index (Phi) is 32.4. The van der Waals surface area contributed by atoms with Crippen LogP contribution >= 0.6 is 63.7 Å². The number of rotatable bonds is 8. The molecule has 4 rings (SSSR count). The first-order valence-corrected chi connectivity index (χ1v) is 20.1. The zero-order valence-electron chi connectivity index (χ0n) is 32.9. The van der Waals surface area contributed by atoms with Crippen molar-refractivity contribution in [2.75, 3.05) is 0 Å². The van der Waals surface area contributed by atoms with E-state index >= 15 is 0 Å². The minimum atomic E-state index is 0. The van der Waals surface area contributed by atoms with Gasteiger partial charge in [-0.2, -0.15) is 0 Å². The maximum Gasteiger partial charge on any atom is 1.00 e. The van der Waals surface area contributed by atoms with Crippen LogP contribution in [0.3, 0.4) is 0 Å². The van der Waals surface area contributed by atoms with Crippen LogP contribution in [0.5, 0.6) is 0 Å². The standard InChI is InChI=1S/4C9H14BrN2.4Cu/c4*1-5(2)8-7(10)9(6(3)4)12-11-8;;;;/h4*5-6H,1-4H3;;;;/q4*-1;4*+1. The Morgan fingerprint density at radius 3 is 0.481 bits per heavy atom. The molecule has 0 aromatic carbocycles. The van der Waals surface area contributed by atoms with Crippen molar-refractivity contribution in [3.8, 4) is 0 Å². The molecule has 0 saturated heterocycles. The third-order valence-electron chi connectivity index (χ3n) is 7.24. The van der Waals surface area contributed by atoms with Gasteiger partial charge in [0.15, 0.2) is 0 Å². The number of halogens is 4. The fourth-order valence-corrected chi connectivity index (χ4v) is 8.56. The van der Waals surface area contributed by atoms with Gasteiger partial charge in [-0.3, -0.25) is 0 Å². The van der Waals surface area contributed by atoms with Crippen molar-refractivity contribution in [3.63, 3.8) is 0 Å². The maximum absolute atomic E-state index is 4.14. The van der Waals surface area contributed by atoms with Gasteiger partial charge in [-0.05, 0) is 47.3 Å². The van der Waals surface area contributed by atoms with E-state index in [1.54, 1.807) is 0 Å².